The second kappa shape index (κ2) is 5.05. The van der Waals surface area contributed by atoms with Crippen LogP contribution in [0.3, 0.4) is 0 Å². The Morgan fingerprint density at radius 1 is 1.56 bits per heavy atom. The molecule has 1 aromatic carbocycles. The van der Waals surface area contributed by atoms with Gasteiger partial charge in [-0.1, -0.05) is 18.1 Å². The smallest absolute Gasteiger partial charge is 0.252 e. The largest absolute Gasteiger partial charge is 0.336 e. The number of carbonyl (C=O) groups excluding carboxylic acids is 1. The molecule has 0 unspecified atom stereocenters. The van der Waals surface area contributed by atoms with Gasteiger partial charge in [-0.15, -0.1) is 18.0 Å². The van der Waals surface area contributed by atoms with Gasteiger partial charge < -0.3 is 5.32 Å². The topological polar surface area (TPSA) is 29.1 Å². The Labute approximate surface area is 101 Å². The van der Waals surface area contributed by atoms with Crippen LogP contribution in [-0.2, 0) is 5.88 Å². The summed E-state index contributed by atoms with van der Waals surface area (Å²) in [4.78, 5) is 11.8. The van der Waals surface area contributed by atoms with Gasteiger partial charge in [-0.2, -0.15) is 0 Å². The number of benzene rings is 1. The van der Waals surface area contributed by atoms with E-state index in [0.717, 1.165) is 5.56 Å². The molecule has 1 amide bonds. The van der Waals surface area contributed by atoms with Crippen LogP contribution >= 0.6 is 11.6 Å². The summed E-state index contributed by atoms with van der Waals surface area (Å²) in [5, 5.41) is 2.76. The summed E-state index contributed by atoms with van der Waals surface area (Å²) < 4.78 is 0. The molecule has 0 aliphatic heterocycles. The first-order valence-electron chi connectivity index (χ1n) is 4.93. The number of hydrogen-bond donors (Lipinski definition) is 1. The SMILES string of the molecule is C#CC(C)(C)NC(=O)c1cccc(CCl)c1. The average Bonchev–Trinajstić information content (AvgIpc) is 2.28. The van der Waals surface area contributed by atoms with Crippen LogP contribution in [0.4, 0.5) is 0 Å². The van der Waals surface area contributed by atoms with Crippen molar-refractivity contribution < 1.29 is 4.79 Å². The molecule has 3 heteroatoms. The fourth-order valence-corrected chi connectivity index (χ4v) is 1.35. The van der Waals surface area contributed by atoms with Crippen LogP contribution in [0.1, 0.15) is 29.8 Å². The first-order chi connectivity index (χ1) is 7.48. The molecule has 0 saturated carbocycles. The third-order valence-electron chi connectivity index (χ3n) is 2.13. The number of rotatable bonds is 3. The van der Waals surface area contributed by atoms with E-state index in [1.54, 1.807) is 32.0 Å². The van der Waals surface area contributed by atoms with Crippen LogP contribution in [-0.4, -0.2) is 11.4 Å². The first-order valence-corrected chi connectivity index (χ1v) is 5.47. The van der Waals surface area contributed by atoms with E-state index >= 15 is 0 Å². The fraction of sp³-hybridized carbons (Fsp3) is 0.308. The summed E-state index contributed by atoms with van der Waals surface area (Å²) in [6.45, 7) is 3.55. The van der Waals surface area contributed by atoms with E-state index in [2.05, 4.69) is 11.2 Å². The maximum absolute atomic E-state index is 11.8. The second-order valence-electron chi connectivity index (χ2n) is 4.06. The Morgan fingerprint density at radius 2 is 2.25 bits per heavy atom. The van der Waals surface area contributed by atoms with Crippen molar-refractivity contribution in [3.8, 4) is 12.3 Å². The Balaban J connectivity index is 2.86. The summed E-state index contributed by atoms with van der Waals surface area (Å²) in [5.41, 5.74) is 0.836. The van der Waals surface area contributed by atoms with Crippen molar-refractivity contribution in [1.29, 1.82) is 0 Å². The number of hydrogen-bond acceptors (Lipinski definition) is 1. The van der Waals surface area contributed by atoms with Gasteiger partial charge in [0.15, 0.2) is 0 Å². The highest BCUT2D eigenvalue weighted by Gasteiger charge is 2.17. The van der Waals surface area contributed by atoms with Crippen molar-refractivity contribution in [2.45, 2.75) is 25.3 Å². The highest BCUT2D eigenvalue weighted by molar-refractivity contribution is 6.17. The van der Waals surface area contributed by atoms with E-state index in [-0.39, 0.29) is 5.91 Å². The molecule has 1 rings (SSSR count). The molecule has 0 aliphatic rings. The zero-order valence-corrected chi connectivity index (χ0v) is 10.1. The molecule has 84 valence electrons. The first kappa shape index (κ1) is 12.6. The monoisotopic (exact) mass is 235 g/mol. The summed E-state index contributed by atoms with van der Waals surface area (Å²) >= 11 is 5.70. The van der Waals surface area contributed by atoms with E-state index in [0.29, 0.717) is 11.4 Å². The molecule has 0 spiro atoms. The molecular formula is C13H14ClNO. The summed E-state index contributed by atoms with van der Waals surface area (Å²) in [7, 11) is 0. The van der Waals surface area contributed by atoms with Crippen molar-refractivity contribution >= 4 is 17.5 Å². The molecule has 0 saturated heterocycles. The lowest BCUT2D eigenvalue weighted by atomic mass is 10.1. The molecule has 1 aromatic rings. The van der Waals surface area contributed by atoms with Gasteiger partial charge >= 0.3 is 0 Å². The number of amides is 1. The van der Waals surface area contributed by atoms with E-state index in [4.69, 9.17) is 18.0 Å². The van der Waals surface area contributed by atoms with Crippen LogP contribution in [0.2, 0.25) is 0 Å². The minimum atomic E-state index is -0.645. The van der Waals surface area contributed by atoms with Gasteiger partial charge in [-0.3, -0.25) is 4.79 Å². The Kier molecular flexibility index (Phi) is 3.98. The van der Waals surface area contributed by atoms with E-state index in [1.165, 1.54) is 0 Å². The third kappa shape index (κ3) is 3.29. The van der Waals surface area contributed by atoms with Gasteiger partial charge in [0, 0.05) is 11.4 Å². The average molecular weight is 236 g/mol. The predicted molar refractivity (Wildman–Crippen MR) is 66.4 cm³/mol. The van der Waals surface area contributed by atoms with Crippen molar-refractivity contribution in [1.82, 2.24) is 5.32 Å². The molecule has 0 fully saturated rings. The van der Waals surface area contributed by atoms with E-state index < -0.39 is 5.54 Å². The number of nitrogens with one attached hydrogen (secondary N) is 1. The van der Waals surface area contributed by atoms with Gasteiger partial charge in [0.05, 0.1) is 5.54 Å². The van der Waals surface area contributed by atoms with E-state index in [9.17, 15) is 4.79 Å². The lowest BCUT2D eigenvalue weighted by molar-refractivity contribution is 0.0930. The molecule has 0 heterocycles. The summed E-state index contributed by atoms with van der Waals surface area (Å²) in [6.07, 6.45) is 5.30. The van der Waals surface area contributed by atoms with Gasteiger partial charge in [0.1, 0.15) is 0 Å². The standard InChI is InChI=1S/C13H14ClNO/c1-4-13(2,3)15-12(16)11-7-5-6-10(8-11)9-14/h1,5-8H,9H2,2-3H3,(H,15,16). The summed E-state index contributed by atoms with van der Waals surface area (Å²) in [6, 6.07) is 7.17. The lowest BCUT2D eigenvalue weighted by Crippen LogP contribution is -2.42. The van der Waals surface area contributed by atoms with Crippen molar-refractivity contribution in [3.63, 3.8) is 0 Å². The Hall–Kier alpha value is -1.46. The zero-order valence-electron chi connectivity index (χ0n) is 9.38. The highest BCUT2D eigenvalue weighted by Crippen LogP contribution is 2.09. The van der Waals surface area contributed by atoms with Crippen LogP contribution < -0.4 is 5.32 Å². The van der Waals surface area contributed by atoms with Crippen LogP contribution in [0.15, 0.2) is 24.3 Å². The molecule has 2 nitrogen and oxygen atoms in total. The quantitative estimate of drug-likeness (QED) is 0.633. The predicted octanol–water partition coefficient (Wildman–Crippen LogP) is 2.57. The fourth-order valence-electron chi connectivity index (χ4n) is 1.19. The van der Waals surface area contributed by atoms with Crippen LogP contribution in [0, 0.1) is 12.3 Å². The number of alkyl halides is 1. The third-order valence-corrected chi connectivity index (χ3v) is 2.44. The maximum Gasteiger partial charge on any atom is 0.252 e. The molecule has 0 atom stereocenters. The molecule has 0 radical (unpaired) electrons. The zero-order chi connectivity index (χ0) is 12.2. The molecule has 0 aliphatic carbocycles. The molecule has 0 aromatic heterocycles. The van der Waals surface area contributed by atoms with Gasteiger partial charge in [0.2, 0.25) is 0 Å². The number of carbonyl (C=O) groups is 1. The lowest BCUT2D eigenvalue weighted by Gasteiger charge is -2.19. The summed E-state index contributed by atoms with van der Waals surface area (Å²) in [5.74, 6) is 2.72. The van der Waals surface area contributed by atoms with Gasteiger partial charge in [-0.05, 0) is 31.5 Å². The van der Waals surface area contributed by atoms with Crippen LogP contribution in [0.5, 0.6) is 0 Å². The van der Waals surface area contributed by atoms with Gasteiger partial charge in [-0.25, -0.2) is 0 Å². The van der Waals surface area contributed by atoms with Crippen molar-refractivity contribution in [2.24, 2.45) is 0 Å². The number of terminal acetylenes is 1. The minimum absolute atomic E-state index is 0.185. The normalized spacial score (nSPS) is 10.6. The maximum atomic E-state index is 11.8. The van der Waals surface area contributed by atoms with Gasteiger partial charge in [0.25, 0.3) is 5.91 Å². The van der Waals surface area contributed by atoms with Crippen molar-refractivity contribution in [2.75, 3.05) is 0 Å². The molecule has 1 N–H and O–H groups in total. The minimum Gasteiger partial charge on any atom is -0.336 e. The molecular weight excluding hydrogens is 222 g/mol. The molecule has 0 bridgehead atoms. The Bertz CT molecular complexity index is 432. The van der Waals surface area contributed by atoms with Crippen LogP contribution in [0.25, 0.3) is 0 Å². The molecule has 16 heavy (non-hydrogen) atoms. The Morgan fingerprint density at radius 3 is 2.81 bits per heavy atom. The highest BCUT2D eigenvalue weighted by atomic mass is 35.5. The van der Waals surface area contributed by atoms with Crippen molar-refractivity contribution in [3.05, 3.63) is 35.4 Å². The number of halogens is 1. The second-order valence-corrected chi connectivity index (χ2v) is 4.32. The van der Waals surface area contributed by atoms with E-state index in [1.807, 2.05) is 6.07 Å².